The van der Waals surface area contributed by atoms with Crippen molar-refractivity contribution in [1.29, 1.82) is 0 Å². The molecule has 3 nitrogen and oxygen atoms in total. The van der Waals surface area contributed by atoms with E-state index in [9.17, 15) is 9.18 Å². The SMILES string of the molecule is O=CCn1ncc2ccc(F)cc21. The number of hydrogen-bond acceptors (Lipinski definition) is 2. The summed E-state index contributed by atoms with van der Waals surface area (Å²) >= 11 is 0. The van der Waals surface area contributed by atoms with Crippen LogP contribution in [0.1, 0.15) is 0 Å². The van der Waals surface area contributed by atoms with Gasteiger partial charge in [0.05, 0.1) is 18.3 Å². The summed E-state index contributed by atoms with van der Waals surface area (Å²) in [6.45, 7) is 0.160. The maximum absolute atomic E-state index is 12.8. The standard InChI is InChI=1S/C9H7FN2O/c10-8-2-1-7-6-11-12(3-4-13)9(7)5-8/h1-2,4-6H,3H2. The third kappa shape index (κ3) is 1.30. The summed E-state index contributed by atoms with van der Waals surface area (Å²) in [7, 11) is 0. The second-order valence-electron chi connectivity index (χ2n) is 2.70. The minimum Gasteiger partial charge on any atom is -0.301 e. The molecule has 0 saturated carbocycles. The molecule has 0 amide bonds. The number of halogens is 1. The first-order valence-electron chi connectivity index (χ1n) is 3.86. The van der Waals surface area contributed by atoms with Gasteiger partial charge in [-0.2, -0.15) is 5.10 Å². The summed E-state index contributed by atoms with van der Waals surface area (Å²) in [4.78, 5) is 10.2. The number of carbonyl (C=O) groups excluding carboxylic acids is 1. The molecule has 1 heterocycles. The normalized spacial score (nSPS) is 10.5. The Hall–Kier alpha value is -1.71. The summed E-state index contributed by atoms with van der Waals surface area (Å²) in [5.74, 6) is -0.319. The molecule has 0 bridgehead atoms. The highest BCUT2D eigenvalue weighted by molar-refractivity contribution is 5.79. The number of aromatic nitrogens is 2. The molecule has 0 saturated heterocycles. The third-order valence-electron chi connectivity index (χ3n) is 1.85. The van der Waals surface area contributed by atoms with Gasteiger partial charge in [0.2, 0.25) is 0 Å². The number of nitrogens with zero attached hydrogens (tertiary/aromatic N) is 2. The van der Waals surface area contributed by atoms with Crippen molar-refractivity contribution in [3.63, 3.8) is 0 Å². The van der Waals surface area contributed by atoms with Crippen LogP contribution in [0, 0.1) is 5.82 Å². The average Bonchev–Trinajstić information content (AvgIpc) is 2.49. The molecule has 0 aliphatic rings. The Kier molecular flexibility index (Phi) is 1.81. The Bertz CT molecular complexity index is 450. The van der Waals surface area contributed by atoms with Gasteiger partial charge < -0.3 is 4.79 Å². The van der Waals surface area contributed by atoms with Gasteiger partial charge >= 0.3 is 0 Å². The van der Waals surface area contributed by atoms with Crippen LogP contribution in [0.4, 0.5) is 4.39 Å². The lowest BCUT2D eigenvalue weighted by Crippen LogP contribution is -2.00. The Labute approximate surface area is 73.8 Å². The molecular weight excluding hydrogens is 171 g/mol. The van der Waals surface area contributed by atoms with E-state index < -0.39 is 0 Å². The van der Waals surface area contributed by atoms with Gasteiger partial charge in [0.1, 0.15) is 12.1 Å². The van der Waals surface area contributed by atoms with Gasteiger partial charge in [-0.25, -0.2) is 4.39 Å². The van der Waals surface area contributed by atoms with Crippen LogP contribution < -0.4 is 0 Å². The average molecular weight is 178 g/mol. The summed E-state index contributed by atoms with van der Waals surface area (Å²) in [6.07, 6.45) is 2.34. The van der Waals surface area contributed by atoms with Crippen molar-refractivity contribution in [2.45, 2.75) is 6.54 Å². The summed E-state index contributed by atoms with van der Waals surface area (Å²) in [6, 6.07) is 4.38. The zero-order valence-corrected chi connectivity index (χ0v) is 6.77. The summed E-state index contributed by atoms with van der Waals surface area (Å²) < 4.78 is 14.3. The lowest BCUT2D eigenvalue weighted by molar-refractivity contribution is -0.108. The first-order chi connectivity index (χ1) is 6.31. The van der Waals surface area contributed by atoms with E-state index in [1.165, 1.54) is 16.8 Å². The van der Waals surface area contributed by atoms with Crippen molar-refractivity contribution in [3.05, 3.63) is 30.2 Å². The van der Waals surface area contributed by atoms with Gasteiger partial charge in [0.25, 0.3) is 0 Å². The molecule has 0 fully saturated rings. The highest BCUT2D eigenvalue weighted by atomic mass is 19.1. The number of carbonyl (C=O) groups is 1. The van der Waals surface area contributed by atoms with E-state index in [1.807, 2.05) is 0 Å². The van der Waals surface area contributed by atoms with Crippen LogP contribution in [-0.4, -0.2) is 16.1 Å². The Balaban J connectivity index is 2.64. The fourth-order valence-corrected chi connectivity index (χ4v) is 1.26. The molecule has 0 aliphatic carbocycles. The minimum atomic E-state index is -0.319. The smallest absolute Gasteiger partial charge is 0.141 e. The second-order valence-corrected chi connectivity index (χ2v) is 2.70. The number of rotatable bonds is 2. The van der Waals surface area contributed by atoms with E-state index in [1.54, 1.807) is 12.3 Å². The summed E-state index contributed by atoms with van der Waals surface area (Å²) in [5.41, 5.74) is 0.645. The quantitative estimate of drug-likeness (QED) is 0.651. The van der Waals surface area contributed by atoms with Crippen molar-refractivity contribution >= 4 is 17.2 Å². The maximum atomic E-state index is 12.8. The second kappa shape index (κ2) is 2.97. The zero-order valence-electron chi connectivity index (χ0n) is 6.77. The van der Waals surface area contributed by atoms with Crippen molar-refractivity contribution in [2.24, 2.45) is 0 Å². The van der Waals surface area contributed by atoms with E-state index in [2.05, 4.69) is 5.10 Å². The molecule has 13 heavy (non-hydrogen) atoms. The van der Waals surface area contributed by atoms with Crippen LogP contribution in [0.5, 0.6) is 0 Å². The first-order valence-corrected chi connectivity index (χ1v) is 3.86. The molecule has 2 aromatic rings. The zero-order chi connectivity index (χ0) is 9.26. The highest BCUT2D eigenvalue weighted by Crippen LogP contribution is 2.14. The van der Waals surface area contributed by atoms with Crippen molar-refractivity contribution in [2.75, 3.05) is 0 Å². The van der Waals surface area contributed by atoms with Crippen LogP contribution in [0.3, 0.4) is 0 Å². The molecule has 0 spiro atoms. The van der Waals surface area contributed by atoms with Crippen molar-refractivity contribution in [1.82, 2.24) is 9.78 Å². The molecule has 4 heteroatoms. The molecular formula is C9H7FN2O. The lowest BCUT2D eigenvalue weighted by Gasteiger charge is -1.96. The van der Waals surface area contributed by atoms with Gasteiger partial charge in [-0.3, -0.25) is 4.68 Å². The van der Waals surface area contributed by atoms with Gasteiger partial charge in [-0.15, -0.1) is 0 Å². The van der Waals surface area contributed by atoms with Gasteiger partial charge in [0.15, 0.2) is 0 Å². The van der Waals surface area contributed by atoms with E-state index in [0.29, 0.717) is 5.52 Å². The molecule has 0 aliphatic heterocycles. The molecule has 1 aromatic heterocycles. The maximum Gasteiger partial charge on any atom is 0.141 e. The topological polar surface area (TPSA) is 34.9 Å². The van der Waals surface area contributed by atoms with E-state index in [4.69, 9.17) is 0 Å². The monoisotopic (exact) mass is 178 g/mol. The minimum absolute atomic E-state index is 0.160. The van der Waals surface area contributed by atoms with Crippen molar-refractivity contribution in [3.8, 4) is 0 Å². The fraction of sp³-hybridized carbons (Fsp3) is 0.111. The molecule has 0 unspecified atom stereocenters. The third-order valence-corrected chi connectivity index (χ3v) is 1.85. The Morgan fingerprint density at radius 2 is 2.38 bits per heavy atom. The largest absolute Gasteiger partial charge is 0.301 e. The number of aldehydes is 1. The molecule has 1 aromatic carbocycles. The van der Waals surface area contributed by atoms with Crippen LogP contribution in [-0.2, 0) is 11.3 Å². The van der Waals surface area contributed by atoms with Crippen LogP contribution in [0.15, 0.2) is 24.4 Å². The molecule has 0 radical (unpaired) electrons. The van der Waals surface area contributed by atoms with Crippen LogP contribution >= 0.6 is 0 Å². The van der Waals surface area contributed by atoms with Gasteiger partial charge in [0, 0.05) is 5.39 Å². The van der Waals surface area contributed by atoms with Gasteiger partial charge in [-0.1, -0.05) is 0 Å². The molecule has 66 valence electrons. The van der Waals surface area contributed by atoms with Crippen LogP contribution in [0.2, 0.25) is 0 Å². The predicted molar refractivity (Wildman–Crippen MR) is 45.8 cm³/mol. The number of hydrogen-bond donors (Lipinski definition) is 0. The number of benzene rings is 1. The highest BCUT2D eigenvalue weighted by Gasteiger charge is 2.02. The van der Waals surface area contributed by atoms with E-state index in [0.717, 1.165) is 11.7 Å². The first kappa shape index (κ1) is 7.91. The lowest BCUT2D eigenvalue weighted by atomic mass is 10.2. The fourth-order valence-electron chi connectivity index (χ4n) is 1.26. The molecule has 0 N–H and O–H groups in total. The Morgan fingerprint density at radius 3 is 3.15 bits per heavy atom. The Morgan fingerprint density at radius 1 is 1.54 bits per heavy atom. The molecule has 2 rings (SSSR count). The summed E-state index contributed by atoms with van der Waals surface area (Å²) in [5, 5.41) is 4.78. The number of fused-ring (bicyclic) bond motifs is 1. The van der Waals surface area contributed by atoms with E-state index in [-0.39, 0.29) is 12.4 Å². The predicted octanol–water partition coefficient (Wildman–Crippen LogP) is 1.37. The van der Waals surface area contributed by atoms with E-state index >= 15 is 0 Å². The van der Waals surface area contributed by atoms with Crippen LogP contribution in [0.25, 0.3) is 10.9 Å². The van der Waals surface area contributed by atoms with Gasteiger partial charge in [-0.05, 0) is 18.2 Å². The molecule has 0 atom stereocenters. The van der Waals surface area contributed by atoms with Crippen molar-refractivity contribution < 1.29 is 9.18 Å².